The minimum Gasteiger partial charge on any atom is -0.512 e. The molecule has 0 atom stereocenters. The molecule has 1 amide bonds. The van der Waals surface area contributed by atoms with Gasteiger partial charge in [0.1, 0.15) is 0 Å². The van der Waals surface area contributed by atoms with Crippen LogP contribution in [0.5, 0.6) is 0 Å². The number of anilines is 2. The Hall–Kier alpha value is -2.01. The first-order valence-electron chi connectivity index (χ1n) is 5.28. The second-order valence-electron chi connectivity index (χ2n) is 3.57. The number of carbonyl (C=O) groups excluding carboxylic acids is 1. The molecule has 0 unspecified atom stereocenters. The van der Waals surface area contributed by atoms with Crippen LogP contribution in [0.3, 0.4) is 0 Å². The first kappa shape index (κ1) is 13.1. The lowest BCUT2D eigenvalue weighted by Gasteiger charge is -2.03. The van der Waals surface area contributed by atoms with Crippen molar-refractivity contribution in [1.29, 1.82) is 0 Å². The standard InChI is InChI=1S/C12H16N2O3/c13-9-3-5-10(6-4-9)14-12(17)8-11(16)2-1-7-15/h3-6,8,15-16H,1-2,7,13H2,(H,14,17)/b11-8-. The zero-order chi connectivity index (χ0) is 12.7. The van der Waals surface area contributed by atoms with Crippen LogP contribution in [-0.2, 0) is 4.79 Å². The molecule has 5 N–H and O–H groups in total. The number of allylic oxidation sites excluding steroid dienone is 1. The molecular formula is C12H16N2O3. The molecule has 0 aromatic heterocycles. The summed E-state index contributed by atoms with van der Waals surface area (Å²) in [5.74, 6) is -0.461. The fourth-order valence-corrected chi connectivity index (χ4v) is 1.23. The van der Waals surface area contributed by atoms with Crippen molar-refractivity contribution < 1.29 is 15.0 Å². The average Bonchev–Trinajstić information content (AvgIpc) is 2.29. The normalized spacial score (nSPS) is 11.2. The Kier molecular flexibility index (Phi) is 5.03. The fourth-order valence-electron chi connectivity index (χ4n) is 1.23. The highest BCUT2D eigenvalue weighted by Crippen LogP contribution is 2.10. The summed E-state index contributed by atoms with van der Waals surface area (Å²) in [6.07, 6.45) is 1.81. The molecule has 0 spiro atoms. The van der Waals surface area contributed by atoms with Gasteiger partial charge in [0.15, 0.2) is 0 Å². The number of nitrogens with one attached hydrogen (secondary N) is 1. The van der Waals surface area contributed by atoms with Crippen molar-refractivity contribution >= 4 is 17.3 Å². The molecule has 0 aliphatic carbocycles. The third kappa shape index (κ3) is 5.03. The van der Waals surface area contributed by atoms with Crippen LogP contribution in [0.4, 0.5) is 11.4 Å². The molecule has 17 heavy (non-hydrogen) atoms. The van der Waals surface area contributed by atoms with Crippen molar-refractivity contribution in [2.24, 2.45) is 0 Å². The minimum absolute atomic E-state index is 0.0164. The lowest BCUT2D eigenvalue weighted by molar-refractivity contribution is -0.112. The summed E-state index contributed by atoms with van der Waals surface area (Å²) in [7, 11) is 0. The minimum atomic E-state index is -0.412. The van der Waals surface area contributed by atoms with E-state index in [0.29, 0.717) is 17.8 Å². The molecule has 0 aliphatic rings. The number of hydrogen-bond acceptors (Lipinski definition) is 4. The van der Waals surface area contributed by atoms with Gasteiger partial charge in [0.05, 0.1) is 5.76 Å². The van der Waals surface area contributed by atoms with E-state index in [1.807, 2.05) is 0 Å². The molecule has 0 saturated carbocycles. The number of amides is 1. The van der Waals surface area contributed by atoms with Gasteiger partial charge in [-0.3, -0.25) is 4.79 Å². The van der Waals surface area contributed by atoms with Gasteiger partial charge < -0.3 is 21.3 Å². The van der Waals surface area contributed by atoms with Crippen LogP contribution in [0.25, 0.3) is 0 Å². The van der Waals surface area contributed by atoms with Crippen LogP contribution in [-0.4, -0.2) is 22.7 Å². The van der Waals surface area contributed by atoms with Crippen molar-refractivity contribution in [2.75, 3.05) is 17.7 Å². The molecule has 0 saturated heterocycles. The third-order valence-corrected chi connectivity index (χ3v) is 2.07. The van der Waals surface area contributed by atoms with E-state index in [-0.39, 0.29) is 18.8 Å². The molecular weight excluding hydrogens is 220 g/mol. The van der Waals surface area contributed by atoms with Crippen LogP contribution in [0.1, 0.15) is 12.8 Å². The summed E-state index contributed by atoms with van der Waals surface area (Å²) in [5, 5.41) is 20.5. The number of nitrogen functional groups attached to an aromatic ring is 1. The Balaban J connectivity index is 2.51. The first-order valence-corrected chi connectivity index (χ1v) is 5.28. The van der Waals surface area contributed by atoms with Gasteiger partial charge in [0, 0.05) is 30.5 Å². The first-order chi connectivity index (χ1) is 8.11. The van der Waals surface area contributed by atoms with Crippen molar-refractivity contribution in [3.63, 3.8) is 0 Å². The number of nitrogens with two attached hydrogens (primary N) is 1. The summed E-state index contributed by atoms with van der Waals surface area (Å²) in [5.41, 5.74) is 6.73. The lowest BCUT2D eigenvalue weighted by atomic mass is 10.2. The Bertz CT molecular complexity index is 399. The topological polar surface area (TPSA) is 95.6 Å². The van der Waals surface area contributed by atoms with Crippen LogP contribution in [0, 0.1) is 0 Å². The number of rotatable bonds is 5. The number of carbonyl (C=O) groups is 1. The average molecular weight is 236 g/mol. The van der Waals surface area contributed by atoms with Gasteiger partial charge in [0.25, 0.3) is 5.91 Å². The maximum atomic E-state index is 11.4. The van der Waals surface area contributed by atoms with Crippen LogP contribution < -0.4 is 11.1 Å². The largest absolute Gasteiger partial charge is 0.512 e. The molecule has 0 aliphatic heterocycles. The fraction of sp³-hybridized carbons (Fsp3) is 0.250. The summed E-state index contributed by atoms with van der Waals surface area (Å²) >= 11 is 0. The predicted octanol–water partition coefficient (Wildman–Crippen LogP) is 1.42. The Labute approximate surface area is 99.6 Å². The second-order valence-corrected chi connectivity index (χ2v) is 3.57. The van der Waals surface area contributed by atoms with Crippen LogP contribution in [0.15, 0.2) is 36.1 Å². The maximum Gasteiger partial charge on any atom is 0.251 e. The van der Waals surface area contributed by atoms with E-state index in [2.05, 4.69) is 5.32 Å². The molecule has 0 fully saturated rings. The predicted molar refractivity (Wildman–Crippen MR) is 66.5 cm³/mol. The molecule has 5 nitrogen and oxygen atoms in total. The van der Waals surface area contributed by atoms with Crippen molar-refractivity contribution in [3.8, 4) is 0 Å². The van der Waals surface area contributed by atoms with E-state index < -0.39 is 5.91 Å². The number of aliphatic hydroxyl groups excluding tert-OH is 2. The van der Waals surface area contributed by atoms with E-state index in [4.69, 9.17) is 10.8 Å². The SMILES string of the molecule is Nc1ccc(NC(=O)/C=C(\O)CCCO)cc1. The van der Waals surface area contributed by atoms with Crippen LogP contribution in [0.2, 0.25) is 0 Å². The molecule has 0 radical (unpaired) electrons. The van der Waals surface area contributed by atoms with Gasteiger partial charge >= 0.3 is 0 Å². The summed E-state index contributed by atoms with van der Waals surface area (Å²) in [6, 6.07) is 6.69. The highest BCUT2D eigenvalue weighted by Gasteiger charge is 2.01. The smallest absolute Gasteiger partial charge is 0.251 e. The summed E-state index contributed by atoms with van der Waals surface area (Å²) < 4.78 is 0. The highest BCUT2D eigenvalue weighted by atomic mass is 16.3. The van der Waals surface area contributed by atoms with E-state index in [1.54, 1.807) is 24.3 Å². The van der Waals surface area contributed by atoms with Gasteiger partial charge in [-0.1, -0.05) is 0 Å². The Morgan fingerprint density at radius 3 is 2.59 bits per heavy atom. The summed E-state index contributed by atoms with van der Waals surface area (Å²) in [6.45, 7) is -0.0164. The van der Waals surface area contributed by atoms with E-state index in [9.17, 15) is 9.90 Å². The van der Waals surface area contributed by atoms with Crippen LogP contribution >= 0.6 is 0 Å². The molecule has 1 aromatic carbocycles. The zero-order valence-corrected chi connectivity index (χ0v) is 9.39. The van der Waals surface area contributed by atoms with E-state index >= 15 is 0 Å². The van der Waals surface area contributed by atoms with Gasteiger partial charge in [-0.15, -0.1) is 0 Å². The number of benzene rings is 1. The third-order valence-electron chi connectivity index (χ3n) is 2.07. The molecule has 1 aromatic rings. The van der Waals surface area contributed by atoms with Gasteiger partial charge in [0.2, 0.25) is 0 Å². The van der Waals surface area contributed by atoms with Gasteiger partial charge in [-0.2, -0.15) is 0 Å². The van der Waals surface area contributed by atoms with Crippen molar-refractivity contribution in [1.82, 2.24) is 0 Å². The van der Waals surface area contributed by atoms with E-state index in [1.165, 1.54) is 0 Å². The lowest BCUT2D eigenvalue weighted by Crippen LogP contribution is -2.09. The molecule has 0 heterocycles. The molecule has 0 bridgehead atoms. The van der Waals surface area contributed by atoms with Crippen molar-refractivity contribution in [3.05, 3.63) is 36.1 Å². The molecule has 1 rings (SSSR count). The molecule has 5 heteroatoms. The quantitative estimate of drug-likeness (QED) is 0.353. The Morgan fingerprint density at radius 2 is 2.00 bits per heavy atom. The summed E-state index contributed by atoms with van der Waals surface area (Å²) in [4.78, 5) is 11.4. The maximum absolute atomic E-state index is 11.4. The monoisotopic (exact) mass is 236 g/mol. The molecule has 92 valence electrons. The zero-order valence-electron chi connectivity index (χ0n) is 9.39. The Morgan fingerprint density at radius 1 is 1.35 bits per heavy atom. The number of hydrogen-bond donors (Lipinski definition) is 4. The van der Waals surface area contributed by atoms with Crippen molar-refractivity contribution in [2.45, 2.75) is 12.8 Å². The van der Waals surface area contributed by atoms with Gasteiger partial charge in [-0.05, 0) is 30.7 Å². The number of aliphatic hydroxyl groups is 2. The second kappa shape index (κ2) is 6.55. The highest BCUT2D eigenvalue weighted by molar-refractivity contribution is 5.99. The van der Waals surface area contributed by atoms with Gasteiger partial charge in [-0.25, -0.2) is 0 Å². The van der Waals surface area contributed by atoms with E-state index in [0.717, 1.165) is 6.08 Å².